The summed E-state index contributed by atoms with van der Waals surface area (Å²) in [5.41, 5.74) is 0. The lowest BCUT2D eigenvalue weighted by molar-refractivity contribution is -0.116. The van der Waals surface area contributed by atoms with E-state index in [1.807, 2.05) is 11.8 Å². The van der Waals surface area contributed by atoms with E-state index >= 15 is 0 Å². The Kier molecular flexibility index (Phi) is 5.64. The molecule has 0 aliphatic rings. The fraction of sp³-hybridized carbons (Fsp3) is 0.900. The highest BCUT2D eigenvalue weighted by molar-refractivity contribution is 8.00. The number of hydrogen-bond acceptors (Lipinski definition) is 2. The van der Waals surface area contributed by atoms with Crippen LogP contribution < -0.4 is 0 Å². The van der Waals surface area contributed by atoms with Gasteiger partial charge in [0.25, 0.3) is 0 Å². The second kappa shape index (κ2) is 5.63. The van der Waals surface area contributed by atoms with E-state index in [0.29, 0.717) is 28.6 Å². The first-order valence-corrected chi connectivity index (χ1v) is 5.52. The number of carbonyl (C=O) groups excluding carboxylic acids is 1. The van der Waals surface area contributed by atoms with Crippen LogP contribution in [0.15, 0.2) is 0 Å². The molecular formula is C10H20OS. The molecule has 72 valence electrons. The Labute approximate surface area is 80.3 Å². The predicted molar refractivity (Wildman–Crippen MR) is 56.7 cm³/mol. The van der Waals surface area contributed by atoms with E-state index in [1.165, 1.54) is 0 Å². The average Bonchev–Trinajstić information content (AvgIpc) is 1.84. The number of Topliss-reactive ketones (excluding diaryl/α,β-unsaturated/α-hetero) is 1. The van der Waals surface area contributed by atoms with Gasteiger partial charge in [-0.25, -0.2) is 0 Å². The van der Waals surface area contributed by atoms with E-state index in [4.69, 9.17) is 0 Å². The van der Waals surface area contributed by atoms with Gasteiger partial charge >= 0.3 is 0 Å². The summed E-state index contributed by atoms with van der Waals surface area (Å²) in [6, 6.07) is 0. The van der Waals surface area contributed by atoms with Crippen LogP contribution in [0.3, 0.4) is 0 Å². The first kappa shape index (κ1) is 12.0. The van der Waals surface area contributed by atoms with Gasteiger partial charge in [-0.3, -0.25) is 4.79 Å². The molecule has 0 heterocycles. The average molecular weight is 188 g/mol. The molecule has 0 fully saturated rings. The summed E-state index contributed by atoms with van der Waals surface area (Å²) in [6.07, 6.45) is 0.710. The van der Waals surface area contributed by atoms with Gasteiger partial charge in [0.15, 0.2) is 0 Å². The third-order valence-electron chi connectivity index (χ3n) is 1.96. The van der Waals surface area contributed by atoms with Crippen molar-refractivity contribution in [1.82, 2.24) is 0 Å². The first-order valence-electron chi connectivity index (χ1n) is 4.58. The maximum Gasteiger partial charge on any atom is 0.130 e. The van der Waals surface area contributed by atoms with Gasteiger partial charge in [0.1, 0.15) is 5.78 Å². The second-order valence-electron chi connectivity index (χ2n) is 3.80. The molecule has 0 N–H and O–H groups in total. The number of carbonyl (C=O) groups is 1. The minimum absolute atomic E-state index is 0.297. The van der Waals surface area contributed by atoms with E-state index < -0.39 is 0 Å². The number of rotatable bonds is 5. The van der Waals surface area contributed by atoms with Crippen molar-refractivity contribution in [2.75, 3.05) is 0 Å². The number of ketones is 1. The third-order valence-corrected chi connectivity index (χ3v) is 3.57. The molecule has 0 aliphatic heterocycles. The van der Waals surface area contributed by atoms with E-state index in [1.54, 1.807) is 6.92 Å². The molecule has 0 rings (SSSR count). The van der Waals surface area contributed by atoms with Crippen molar-refractivity contribution in [1.29, 1.82) is 0 Å². The summed E-state index contributed by atoms with van der Waals surface area (Å²) >= 11 is 1.92. The molecular weight excluding hydrogens is 168 g/mol. The molecule has 0 saturated heterocycles. The lowest BCUT2D eigenvalue weighted by atomic mass is 10.2. The molecule has 2 heteroatoms. The van der Waals surface area contributed by atoms with Gasteiger partial charge in [-0.1, -0.05) is 27.7 Å². The van der Waals surface area contributed by atoms with Crippen LogP contribution in [0.25, 0.3) is 0 Å². The summed E-state index contributed by atoms with van der Waals surface area (Å²) < 4.78 is 0. The van der Waals surface area contributed by atoms with Crippen LogP contribution in [0.5, 0.6) is 0 Å². The van der Waals surface area contributed by atoms with Crippen molar-refractivity contribution in [3.8, 4) is 0 Å². The molecule has 0 bridgehead atoms. The van der Waals surface area contributed by atoms with Gasteiger partial charge < -0.3 is 0 Å². The fourth-order valence-corrected chi connectivity index (χ4v) is 2.35. The van der Waals surface area contributed by atoms with E-state index in [2.05, 4.69) is 27.7 Å². The van der Waals surface area contributed by atoms with Gasteiger partial charge in [-0.15, -0.1) is 0 Å². The van der Waals surface area contributed by atoms with Gasteiger partial charge in [-0.2, -0.15) is 11.8 Å². The van der Waals surface area contributed by atoms with Crippen LogP contribution in [0.2, 0.25) is 0 Å². The van der Waals surface area contributed by atoms with Crippen molar-refractivity contribution in [3.63, 3.8) is 0 Å². The molecule has 0 aliphatic carbocycles. The SMILES string of the molecule is CC(=O)CC(C)SC(C)C(C)C. The predicted octanol–water partition coefficient (Wildman–Crippen LogP) is 3.13. The van der Waals surface area contributed by atoms with Gasteiger partial charge in [-0.05, 0) is 12.8 Å². The topological polar surface area (TPSA) is 17.1 Å². The molecule has 12 heavy (non-hydrogen) atoms. The van der Waals surface area contributed by atoms with Crippen molar-refractivity contribution < 1.29 is 4.79 Å². The van der Waals surface area contributed by atoms with Crippen LogP contribution in [-0.2, 0) is 4.79 Å². The lowest BCUT2D eigenvalue weighted by Crippen LogP contribution is -2.13. The minimum atomic E-state index is 0.297. The zero-order valence-corrected chi connectivity index (χ0v) is 9.57. The monoisotopic (exact) mass is 188 g/mol. The second-order valence-corrected chi connectivity index (χ2v) is 5.62. The summed E-state index contributed by atoms with van der Waals surface area (Å²) in [5, 5.41) is 1.12. The molecule has 2 unspecified atom stereocenters. The Morgan fingerprint density at radius 1 is 1.25 bits per heavy atom. The highest BCUT2D eigenvalue weighted by atomic mass is 32.2. The Hall–Kier alpha value is 0.0200. The Morgan fingerprint density at radius 2 is 1.75 bits per heavy atom. The van der Waals surface area contributed by atoms with Crippen molar-refractivity contribution in [2.45, 2.75) is 51.5 Å². The standard InChI is InChI=1S/C10H20OS/c1-7(2)10(5)12-9(4)6-8(3)11/h7,9-10H,6H2,1-5H3. The van der Waals surface area contributed by atoms with Crippen LogP contribution in [-0.4, -0.2) is 16.3 Å². The molecule has 0 aromatic heterocycles. The Balaban J connectivity index is 3.68. The van der Waals surface area contributed by atoms with Crippen LogP contribution in [0.4, 0.5) is 0 Å². The van der Waals surface area contributed by atoms with Gasteiger partial charge in [0.05, 0.1) is 0 Å². The third kappa shape index (κ3) is 5.64. The number of hydrogen-bond donors (Lipinski definition) is 0. The van der Waals surface area contributed by atoms with Crippen molar-refractivity contribution in [2.24, 2.45) is 5.92 Å². The fourth-order valence-electron chi connectivity index (χ4n) is 0.976. The number of thioether (sulfide) groups is 1. The maximum atomic E-state index is 10.8. The minimum Gasteiger partial charge on any atom is -0.300 e. The van der Waals surface area contributed by atoms with Crippen LogP contribution in [0.1, 0.15) is 41.0 Å². The zero-order chi connectivity index (χ0) is 9.72. The highest BCUT2D eigenvalue weighted by Crippen LogP contribution is 2.25. The lowest BCUT2D eigenvalue weighted by Gasteiger charge is -2.19. The van der Waals surface area contributed by atoms with E-state index in [9.17, 15) is 4.79 Å². The molecule has 0 saturated carbocycles. The largest absolute Gasteiger partial charge is 0.300 e. The molecule has 0 radical (unpaired) electrons. The smallest absolute Gasteiger partial charge is 0.130 e. The summed E-state index contributed by atoms with van der Waals surface area (Å²) in [7, 11) is 0. The van der Waals surface area contributed by atoms with E-state index in [0.717, 1.165) is 0 Å². The molecule has 1 nitrogen and oxygen atoms in total. The normalized spacial score (nSPS) is 16.2. The first-order chi connectivity index (χ1) is 5.43. The van der Waals surface area contributed by atoms with E-state index in [-0.39, 0.29) is 0 Å². The molecule has 0 amide bonds. The summed E-state index contributed by atoms with van der Waals surface area (Å²) in [6.45, 7) is 10.5. The Morgan fingerprint density at radius 3 is 2.08 bits per heavy atom. The highest BCUT2D eigenvalue weighted by Gasteiger charge is 2.13. The molecule has 2 atom stereocenters. The molecule has 0 aromatic rings. The maximum absolute atomic E-state index is 10.8. The van der Waals surface area contributed by atoms with Crippen LogP contribution in [0, 0.1) is 5.92 Å². The Bertz CT molecular complexity index is 143. The van der Waals surface area contributed by atoms with Crippen molar-refractivity contribution >= 4 is 17.5 Å². The van der Waals surface area contributed by atoms with Gasteiger partial charge in [0.2, 0.25) is 0 Å². The quantitative estimate of drug-likeness (QED) is 0.659. The van der Waals surface area contributed by atoms with Crippen molar-refractivity contribution in [3.05, 3.63) is 0 Å². The molecule has 0 aromatic carbocycles. The van der Waals surface area contributed by atoms with Crippen LogP contribution >= 0.6 is 11.8 Å². The zero-order valence-electron chi connectivity index (χ0n) is 8.76. The summed E-state index contributed by atoms with van der Waals surface area (Å²) in [5.74, 6) is 0.996. The molecule has 0 spiro atoms. The van der Waals surface area contributed by atoms with Gasteiger partial charge in [0, 0.05) is 16.9 Å². The summed E-state index contributed by atoms with van der Waals surface area (Å²) in [4.78, 5) is 10.8.